The van der Waals surface area contributed by atoms with Gasteiger partial charge in [0, 0.05) is 5.41 Å². The normalized spacial score (nSPS) is 28.3. The van der Waals surface area contributed by atoms with Crippen molar-refractivity contribution in [1.29, 1.82) is 0 Å². The minimum Gasteiger partial charge on any atom is -0.300 e. The molecule has 0 aromatic rings. The largest absolute Gasteiger partial charge is 0.388 e. The Kier molecular flexibility index (Phi) is 2.70. The van der Waals surface area contributed by atoms with E-state index < -0.39 is 6.80 Å². The summed E-state index contributed by atoms with van der Waals surface area (Å²) in [5, 5.41) is 0. The number of hydrogen-bond donors (Lipinski definition) is 0. The minimum atomic E-state index is -2.76. The molecule has 66 valence electrons. The molecule has 0 amide bonds. The Morgan fingerprint density at radius 1 is 1.36 bits per heavy atom. The maximum Gasteiger partial charge on any atom is 0.388 e. The molecule has 5 heteroatoms. The second kappa shape index (κ2) is 3.09. The van der Waals surface area contributed by atoms with Gasteiger partial charge in [-0.15, -0.1) is 0 Å². The van der Waals surface area contributed by atoms with E-state index in [1.54, 1.807) is 6.26 Å². The molecule has 1 saturated heterocycles. The molecule has 1 aliphatic heterocycles. The predicted octanol–water partition coefficient (Wildman–Crippen LogP) is 2.53. The lowest BCUT2D eigenvalue weighted by molar-refractivity contribution is 0.0501. The van der Waals surface area contributed by atoms with Gasteiger partial charge in [-0.2, -0.15) is 0 Å². The summed E-state index contributed by atoms with van der Waals surface area (Å²) in [6, 6.07) is 0. The molecule has 0 spiro atoms. The zero-order chi connectivity index (χ0) is 8.54. The first-order valence-electron chi connectivity index (χ1n) is 3.42. The summed E-state index contributed by atoms with van der Waals surface area (Å²) in [4.78, 5) is 0. The topological polar surface area (TPSA) is 35.5 Å². The summed E-state index contributed by atoms with van der Waals surface area (Å²) in [6.45, 7) is 2.33. The van der Waals surface area contributed by atoms with Crippen LogP contribution in [0.1, 0.15) is 13.8 Å². The number of rotatable bonds is 1. The third-order valence-corrected chi connectivity index (χ3v) is 4.76. The molecule has 0 aromatic carbocycles. The van der Waals surface area contributed by atoms with Crippen LogP contribution in [0.4, 0.5) is 0 Å². The molecule has 11 heavy (non-hydrogen) atoms. The third kappa shape index (κ3) is 2.48. The van der Waals surface area contributed by atoms with E-state index in [2.05, 4.69) is 0 Å². The Balaban J connectivity index is 2.55. The molecular formula is C6H13O3PS. The third-order valence-electron chi connectivity index (χ3n) is 1.45. The zero-order valence-electron chi connectivity index (χ0n) is 6.99. The molecule has 0 unspecified atom stereocenters. The van der Waals surface area contributed by atoms with E-state index in [4.69, 9.17) is 9.05 Å². The average Bonchev–Trinajstić information content (AvgIpc) is 1.97. The van der Waals surface area contributed by atoms with Crippen molar-refractivity contribution < 1.29 is 13.6 Å². The molecular weight excluding hydrogens is 183 g/mol. The summed E-state index contributed by atoms with van der Waals surface area (Å²) >= 11 is 1.16. The predicted molar refractivity (Wildman–Crippen MR) is 46.8 cm³/mol. The van der Waals surface area contributed by atoms with Crippen molar-refractivity contribution in [2.45, 2.75) is 13.8 Å². The van der Waals surface area contributed by atoms with E-state index in [0.717, 1.165) is 11.4 Å². The highest BCUT2D eigenvalue weighted by atomic mass is 32.7. The molecule has 1 fully saturated rings. The van der Waals surface area contributed by atoms with Crippen molar-refractivity contribution in [3.8, 4) is 0 Å². The molecule has 0 aliphatic carbocycles. The van der Waals surface area contributed by atoms with Crippen LogP contribution in [0, 0.1) is 5.41 Å². The molecule has 1 aliphatic rings. The van der Waals surface area contributed by atoms with Gasteiger partial charge >= 0.3 is 6.80 Å². The smallest absolute Gasteiger partial charge is 0.300 e. The first kappa shape index (κ1) is 9.59. The second-order valence-electron chi connectivity index (χ2n) is 3.34. The first-order valence-corrected chi connectivity index (χ1v) is 6.80. The van der Waals surface area contributed by atoms with Gasteiger partial charge in [-0.3, -0.25) is 0 Å². The summed E-state index contributed by atoms with van der Waals surface area (Å²) in [7, 11) is 0. The maximum atomic E-state index is 11.4. The van der Waals surface area contributed by atoms with Gasteiger partial charge in [0.1, 0.15) is 0 Å². The number of hydrogen-bond acceptors (Lipinski definition) is 4. The second-order valence-corrected chi connectivity index (χ2v) is 7.55. The Morgan fingerprint density at radius 3 is 2.18 bits per heavy atom. The molecule has 0 aromatic heterocycles. The van der Waals surface area contributed by atoms with Gasteiger partial charge in [0.25, 0.3) is 0 Å². The van der Waals surface area contributed by atoms with E-state index in [9.17, 15) is 4.57 Å². The van der Waals surface area contributed by atoms with Crippen molar-refractivity contribution in [2.24, 2.45) is 5.41 Å². The first-order chi connectivity index (χ1) is 4.97. The molecule has 0 bridgehead atoms. The van der Waals surface area contributed by atoms with Crippen LogP contribution in [-0.2, 0) is 13.6 Å². The van der Waals surface area contributed by atoms with E-state index >= 15 is 0 Å². The lowest BCUT2D eigenvalue weighted by atomic mass is 9.97. The van der Waals surface area contributed by atoms with Crippen LogP contribution in [0.3, 0.4) is 0 Å². The van der Waals surface area contributed by atoms with Crippen LogP contribution in [0.25, 0.3) is 0 Å². The van der Waals surface area contributed by atoms with Gasteiger partial charge in [-0.25, -0.2) is 4.57 Å². The molecule has 1 heterocycles. The Bertz CT molecular complexity index is 178. The highest BCUT2D eigenvalue weighted by molar-refractivity contribution is 8.54. The van der Waals surface area contributed by atoms with E-state index in [-0.39, 0.29) is 5.41 Å². The zero-order valence-corrected chi connectivity index (χ0v) is 8.71. The summed E-state index contributed by atoms with van der Waals surface area (Å²) in [5.74, 6) is 0. The fourth-order valence-corrected chi connectivity index (χ4v) is 2.94. The van der Waals surface area contributed by atoms with Crippen molar-refractivity contribution in [1.82, 2.24) is 0 Å². The Labute approximate surface area is 71.1 Å². The quantitative estimate of drug-likeness (QED) is 0.604. The van der Waals surface area contributed by atoms with Crippen LogP contribution < -0.4 is 0 Å². The van der Waals surface area contributed by atoms with Crippen LogP contribution in [0.2, 0.25) is 0 Å². The average molecular weight is 196 g/mol. The fourth-order valence-electron chi connectivity index (χ4n) is 0.692. The molecule has 0 radical (unpaired) electrons. The highest BCUT2D eigenvalue weighted by Gasteiger charge is 2.35. The summed E-state index contributed by atoms with van der Waals surface area (Å²) in [6.07, 6.45) is 1.74. The summed E-state index contributed by atoms with van der Waals surface area (Å²) in [5.41, 5.74) is 0.00361. The molecule has 0 saturated carbocycles. The highest BCUT2D eigenvalue weighted by Crippen LogP contribution is 2.62. The van der Waals surface area contributed by atoms with Crippen LogP contribution in [-0.4, -0.2) is 19.5 Å². The molecule has 1 rings (SSSR count). The lowest BCUT2D eigenvalue weighted by Crippen LogP contribution is -2.28. The molecule has 3 nitrogen and oxygen atoms in total. The maximum absolute atomic E-state index is 11.4. The lowest BCUT2D eigenvalue weighted by Gasteiger charge is -2.32. The fraction of sp³-hybridized carbons (Fsp3) is 1.00. The minimum absolute atomic E-state index is 0.00361. The van der Waals surface area contributed by atoms with Crippen molar-refractivity contribution >= 4 is 18.2 Å². The van der Waals surface area contributed by atoms with Crippen LogP contribution in [0.5, 0.6) is 0 Å². The summed E-state index contributed by atoms with van der Waals surface area (Å²) < 4.78 is 21.7. The van der Waals surface area contributed by atoms with E-state index in [1.807, 2.05) is 13.8 Å². The molecule has 0 N–H and O–H groups in total. The van der Waals surface area contributed by atoms with Crippen molar-refractivity contribution in [3.05, 3.63) is 0 Å². The molecule has 0 atom stereocenters. The Morgan fingerprint density at radius 2 is 1.82 bits per heavy atom. The van der Waals surface area contributed by atoms with Gasteiger partial charge in [0.2, 0.25) is 0 Å². The standard InChI is InChI=1S/C6H13O3PS/c1-6(2)4-8-10(7,11-3)9-5-6/h4-5H2,1-3H3. The Hall–Kier alpha value is 0.500. The van der Waals surface area contributed by atoms with Gasteiger partial charge in [0.05, 0.1) is 13.2 Å². The van der Waals surface area contributed by atoms with E-state index in [0.29, 0.717) is 13.2 Å². The van der Waals surface area contributed by atoms with Crippen LogP contribution >= 0.6 is 18.2 Å². The monoisotopic (exact) mass is 196 g/mol. The van der Waals surface area contributed by atoms with Gasteiger partial charge in [0.15, 0.2) is 0 Å². The van der Waals surface area contributed by atoms with Gasteiger partial charge in [-0.05, 0) is 17.6 Å². The van der Waals surface area contributed by atoms with Crippen molar-refractivity contribution in [2.75, 3.05) is 19.5 Å². The van der Waals surface area contributed by atoms with Gasteiger partial charge in [-0.1, -0.05) is 13.8 Å². The van der Waals surface area contributed by atoms with Gasteiger partial charge < -0.3 is 9.05 Å². The van der Waals surface area contributed by atoms with E-state index in [1.165, 1.54) is 0 Å². The SMILES string of the molecule is CSP1(=O)OCC(C)(C)CO1. The van der Waals surface area contributed by atoms with Crippen LogP contribution in [0.15, 0.2) is 0 Å². The van der Waals surface area contributed by atoms with Crippen molar-refractivity contribution in [3.63, 3.8) is 0 Å².